The fourth-order valence-electron chi connectivity index (χ4n) is 2.95. The summed E-state index contributed by atoms with van der Waals surface area (Å²) in [7, 11) is 0. The van der Waals surface area contributed by atoms with E-state index in [2.05, 4.69) is 4.98 Å². The molecule has 1 aromatic heterocycles. The van der Waals surface area contributed by atoms with Crippen LogP contribution in [0.5, 0.6) is 5.75 Å². The maximum absolute atomic E-state index is 10.9. The molecular weight excluding hydrogens is 252 g/mol. The Morgan fingerprint density at radius 2 is 2.00 bits per heavy atom. The van der Waals surface area contributed by atoms with Crippen molar-refractivity contribution in [1.82, 2.24) is 4.98 Å². The Kier molecular flexibility index (Phi) is 3.42. The summed E-state index contributed by atoms with van der Waals surface area (Å²) in [6, 6.07) is 11.5. The number of rotatable bonds is 3. The lowest BCUT2D eigenvalue weighted by molar-refractivity contribution is 0.0535. The van der Waals surface area contributed by atoms with Crippen molar-refractivity contribution in [2.75, 3.05) is 13.2 Å². The number of hydrogen-bond acceptors (Lipinski definition) is 4. The second-order valence-corrected chi connectivity index (χ2v) is 5.14. The van der Waals surface area contributed by atoms with E-state index in [-0.39, 0.29) is 0 Å². The molecule has 0 aliphatic carbocycles. The molecule has 1 aliphatic rings. The summed E-state index contributed by atoms with van der Waals surface area (Å²) in [5.41, 5.74) is 7.38. The molecule has 0 bridgehead atoms. The first kappa shape index (κ1) is 13.1. The summed E-state index contributed by atoms with van der Waals surface area (Å²) in [5.74, 6) is 0.817. The molecule has 1 aromatic carbocycles. The molecule has 3 N–H and O–H groups in total. The molecule has 20 heavy (non-hydrogen) atoms. The van der Waals surface area contributed by atoms with Crippen molar-refractivity contribution in [3.8, 4) is 5.75 Å². The normalized spacial score (nSPS) is 22.7. The third-order valence-corrected chi connectivity index (χ3v) is 4.14. The molecule has 2 heterocycles. The lowest BCUT2D eigenvalue weighted by atomic mass is 9.70. The highest BCUT2D eigenvalue weighted by Gasteiger charge is 2.43. The van der Waals surface area contributed by atoms with Crippen LogP contribution in [0.25, 0.3) is 0 Å². The van der Waals surface area contributed by atoms with E-state index < -0.39 is 11.5 Å². The Labute approximate surface area is 118 Å². The lowest BCUT2D eigenvalue weighted by Crippen LogP contribution is -2.44. The number of pyridine rings is 1. The van der Waals surface area contributed by atoms with Crippen molar-refractivity contribution in [3.63, 3.8) is 0 Å². The number of aliphatic hydroxyl groups excluding tert-OH is 1. The Morgan fingerprint density at radius 3 is 2.75 bits per heavy atom. The molecule has 0 spiro atoms. The Bertz CT molecular complexity index is 588. The SMILES string of the molecule is NCC1(C(O)c2ccncc2)CCOc2ccccc21. The van der Waals surface area contributed by atoms with Gasteiger partial charge in [0.1, 0.15) is 5.75 Å². The third kappa shape index (κ3) is 1.97. The molecule has 0 saturated heterocycles. The largest absolute Gasteiger partial charge is 0.493 e. The minimum atomic E-state index is -0.666. The van der Waals surface area contributed by atoms with E-state index in [0.29, 0.717) is 19.6 Å². The number of benzene rings is 1. The molecule has 0 radical (unpaired) electrons. The van der Waals surface area contributed by atoms with Gasteiger partial charge in [-0.25, -0.2) is 0 Å². The Balaban J connectivity index is 2.09. The molecule has 4 nitrogen and oxygen atoms in total. The minimum Gasteiger partial charge on any atom is -0.493 e. The molecule has 0 amide bonds. The van der Waals surface area contributed by atoms with Crippen LogP contribution < -0.4 is 10.5 Å². The van der Waals surface area contributed by atoms with E-state index in [0.717, 1.165) is 16.9 Å². The summed E-state index contributed by atoms with van der Waals surface area (Å²) in [5, 5.41) is 10.9. The van der Waals surface area contributed by atoms with Gasteiger partial charge in [-0.1, -0.05) is 18.2 Å². The van der Waals surface area contributed by atoms with Crippen LogP contribution in [-0.4, -0.2) is 23.2 Å². The predicted octanol–water partition coefficient (Wildman–Crippen LogP) is 1.79. The van der Waals surface area contributed by atoms with Gasteiger partial charge in [-0.2, -0.15) is 0 Å². The van der Waals surface area contributed by atoms with Crippen LogP contribution in [-0.2, 0) is 5.41 Å². The zero-order valence-corrected chi connectivity index (χ0v) is 11.2. The van der Waals surface area contributed by atoms with Crippen molar-refractivity contribution in [1.29, 1.82) is 0 Å². The van der Waals surface area contributed by atoms with Crippen molar-refractivity contribution in [2.45, 2.75) is 17.9 Å². The average molecular weight is 270 g/mol. The first-order valence-corrected chi connectivity index (χ1v) is 6.78. The molecule has 2 atom stereocenters. The molecule has 4 heteroatoms. The number of nitrogens with zero attached hydrogens (tertiary/aromatic N) is 1. The van der Waals surface area contributed by atoms with Crippen molar-refractivity contribution < 1.29 is 9.84 Å². The van der Waals surface area contributed by atoms with E-state index in [9.17, 15) is 5.11 Å². The van der Waals surface area contributed by atoms with Crippen LogP contribution in [0.3, 0.4) is 0 Å². The van der Waals surface area contributed by atoms with Gasteiger partial charge in [0.05, 0.1) is 12.7 Å². The highest BCUT2D eigenvalue weighted by Crippen LogP contribution is 2.45. The highest BCUT2D eigenvalue weighted by atomic mass is 16.5. The van der Waals surface area contributed by atoms with Crippen LogP contribution in [0.2, 0.25) is 0 Å². The first-order valence-electron chi connectivity index (χ1n) is 6.78. The predicted molar refractivity (Wildman–Crippen MR) is 76.5 cm³/mol. The third-order valence-electron chi connectivity index (χ3n) is 4.14. The van der Waals surface area contributed by atoms with Gasteiger partial charge in [0, 0.05) is 29.9 Å². The van der Waals surface area contributed by atoms with E-state index in [1.165, 1.54) is 0 Å². The van der Waals surface area contributed by atoms with Gasteiger partial charge in [0.2, 0.25) is 0 Å². The molecule has 1 aliphatic heterocycles. The standard InChI is InChI=1S/C16H18N2O2/c17-11-16(15(19)12-5-8-18-9-6-12)7-10-20-14-4-2-1-3-13(14)16/h1-6,8-9,15,19H,7,10-11,17H2. The molecule has 3 rings (SSSR count). The quantitative estimate of drug-likeness (QED) is 0.892. The second kappa shape index (κ2) is 5.23. The van der Waals surface area contributed by atoms with E-state index in [1.54, 1.807) is 12.4 Å². The van der Waals surface area contributed by atoms with Crippen molar-refractivity contribution in [2.24, 2.45) is 5.73 Å². The molecular formula is C16H18N2O2. The van der Waals surface area contributed by atoms with Crippen LogP contribution >= 0.6 is 0 Å². The van der Waals surface area contributed by atoms with Crippen LogP contribution in [0.1, 0.15) is 23.7 Å². The summed E-state index contributed by atoms with van der Waals surface area (Å²) in [6.07, 6.45) is 3.41. The van der Waals surface area contributed by atoms with Crippen LogP contribution in [0, 0.1) is 0 Å². The molecule has 2 aromatic rings. The second-order valence-electron chi connectivity index (χ2n) is 5.14. The molecule has 0 fully saturated rings. The van der Waals surface area contributed by atoms with Crippen LogP contribution in [0.4, 0.5) is 0 Å². The number of nitrogens with two attached hydrogens (primary N) is 1. The van der Waals surface area contributed by atoms with Crippen LogP contribution in [0.15, 0.2) is 48.8 Å². The van der Waals surface area contributed by atoms with Gasteiger partial charge in [0.15, 0.2) is 0 Å². The Hall–Kier alpha value is -1.91. The zero-order chi connectivity index (χ0) is 14.0. The number of hydrogen-bond donors (Lipinski definition) is 2. The van der Waals surface area contributed by atoms with E-state index in [1.807, 2.05) is 36.4 Å². The number of aliphatic hydroxyl groups is 1. The van der Waals surface area contributed by atoms with Gasteiger partial charge in [-0.15, -0.1) is 0 Å². The number of para-hydroxylation sites is 1. The first-order chi connectivity index (χ1) is 9.78. The van der Waals surface area contributed by atoms with Gasteiger partial charge in [-0.05, 0) is 30.2 Å². The monoisotopic (exact) mass is 270 g/mol. The fraction of sp³-hybridized carbons (Fsp3) is 0.312. The average Bonchev–Trinajstić information content (AvgIpc) is 2.54. The summed E-state index contributed by atoms with van der Waals surface area (Å²) < 4.78 is 5.69. The van der Waals surface area contributed by atoms with Gasteiger partial charge < -0.3 is 15.6 Å². The number of fused-ring (bicyclic) bond motifs is 1. The van der Waals surface area contributed by atoms with E-state index >= 15 is 0 Å². The van der Waals surface area contributed by atoms with Crippen molar-refractivity contribution >= 4 is 0 Å². The number of ether oxygens (including phenoxy) is 1. The molecule has 0 saturated carbocycles. The van der Waals surface area contributed by atoms with E-state index in [4.69, 9.17) is 10.5 Å². The van der Waals surface area contributed by atoms with Crippen molar-refractivity contribution in [3.05, 3.63) is 59.9 Å². The van der Waals surface area contributed by atoms with Gasteiger partial charge in [0.25, 0.3) is 0 Å². The fourth-order valence-corrected chi connectivity index (χ4v) is 2.95. The summed E-state index contributed by atoms with van der Waals surface area (Å²) in [6.45, 7) is 0.938. The number of aromatic nitrogens is 1. The summed E-state index contributed by atoms with van der Waals surface area (Å²) >= 11 is 0. The zero-order valence-electron chi connectivity index (χ0n) is 11.2. The lowest BCUT2D eigenvalue weighted by Gasteiger charge is -2.41. The smallest absolute Gasteiger partial charge is 0.123 e. The van der Waals surface area contributed by atoms with Gasteiger partial charge >= 0.3 is 0 Å². The highest BCUT2D eigenvalue weighted by molar-refractivity contribution is 5.44. The molecule has 104 valence electrons. The van der Waals surface area contributed by atoms with Gasteiger partial charge in [-0.3, -0.25) is 4.98 Å². The minimum absolute atomic E-state index is 0.372. The summed E-state index contributed by atoms with van der Waals surface area (Å²) in [4.78, 5) is 4.00. The Morgan fingerprint density at radius 1 is 1.25 bits per heavy atom. The maximum atomic E-state index is 10.9. The maximum Gasteiger partial charge on any atom is 0.123 e. The molecule has 2 unspecified atom stereocenters. The topological polar surface area (TPSA) is 68.4 Å².